The lowest BCUT2D eigenvalue weighted by atomic mass is 9.94. The molecule has 0 unspecified atom stereocenters. The van der Waals surface area contributed by atoms with Crippen molar-refractivity contribution in [3.05, 3.63) is 71.3 Å². The van der Waals surface area contributed by atoms with E-state index in [9.17, 15) is 9.59 Å². The third kappa shape index (κ3) is 5.37. The molecule has 2 aliphatic rings. The SMILES string of the molecule is COc1cccc(-c2ccc(NC(=O)c3ccc(OCCN4CCOCC4)cc3)c3c2CCC3=O)c1OC. The van der Waals surface area contributed by atoms with Crippen LogP contribution in [0.2, 0.25) is 0 Å². The summed E-state index contributed by atoms with van der Waals surface area (Å²) < 4.78 is 22.3. The highest BCUT2D eigenvalue weighted by Gasteiger charge is 2.28. The number of morpholine rings is 1. The summed E-state index contributed by atoms with van der Waals surface area (Å²) in [6, 6.07) is 16.4. The quantitative estimate of drug-likeness (QED) is 0.449. The van der Waals surface area contributed by atoms with E-state index in [1.54, 1.807) is 44.6 Å². The fourth-order valence-electron chi connectivity index (χ4n) is 5.06. The van der Waals surface area contributed by atoms with Gasteiger partial charge in [0.2, 0.25) is 0 Å². The number of ketones is 1. The molecule has 8 nitrogen and oxygen atoms in total. The summed E-state index contributed by atoms with van der Waals surface area (Å²) in [6.45, 7) is 4.77. The van der Waals surface area contributed by atoms with Crippen LogP contribution in [0.15, 0.2) is 54.6 Å². The van der Waals surface area contributed by atoms with Gasteiger partial charge in [-0.3, -0.25) is 14.5 Å². The van der Waals surface area contributed by atoms with Crippen LogP contribution in [0.25, 0.3) is 11.1 Å². The summed E-state index contributed by atoms with van der Waals surface area (Å²) in [6.07, 6.45) is 1.00. The minimum Gasteiger partial charge on any atom is -0.493 e. The molecule has 1 saturated heterocycles. The zero-order valence-electron chi connectivity index (χ0n) is 21.7. The van der Waals surface area contributed by atoms with Gasteiger partial charge in [-0.15, -0.1) is 0 Å². The molecule has 0 aromatic heterocycles. The van der Waals surface area contributed by atoms with Crippen molar-refractivity contribution in [2.45, 2.75) is 12.8 Å². The van der Waals surface area contributed by atoms with Crippen molar-refractivity contribution in [2.75, 3.05) is 59.0 Å². The molecule has 0 atom stereocenters. The summed E-state index contributed by atoms with van der Waals surface area (Å²) >= 11 is 0. The Morgan fingerprint density at radius 1 is 0.947 bits per heavy atom. The lowest BCUT2D eigenvalue weighted by molar-refractivity contribution is 0.0322. The summed E-state index contributed by atoms with van der Waals surface area (Å²) in [7, 11) is 3.19. The minimum absolute atomic E-state index is 0.0167. The van der Waals surface area contributed by atoms with Gasteiger partial charge in [0, 0.05) is 42.7 Å². The smallest absolute Gasteiger partial charge is 0.255 e. The molecule has 38 heavy (non-hydrogen) atoms. The molecule has 0 bridgehead atoms. The molecule has 1 N–H and O–H groups in total. The van der Waals surface area contributed by atoms with Crippen LogP contribution in [0.4, 0.5) is 5.69 Å². The van der Waals surface area contributed by atoms with E-state index in [2.05, 4.69) is 10.2 Å². The number of carbonyl (C=O) groups excluding carboxylic acids is 2. The number of fused-ring (bicyclic) bond motifs is 1. The highest BCUT2D eigenvalue weighted by Crippen LogP contribution is 2.43. The van der Waals surface area contributed by atoms with Crippen LogP contribution in [0.1, 0.15) is 32.7 Å². The lowest BCUT2D eigenvalue weighted by Gasteiger charge is -2.26. The molecule has 0 saturated carbocycles. The number of nitrogens with zero attached hydrogens (tertiary/aromatic N) is 1. The molecule has 3 aromatic carbocycles. The van der Waals surface area contributed by atoms with Crippen LogP contribution in [0.3, 0.4) is 0 Å². The van der Waals surface area contributed by atoms with Gasteiger partial charge >= 0.3 is 0 Å². The van der Waals surface area contributed by atoms with Crippen LogP contribution in [0, 0.1) is 0 Å². The van der Waals surface area contributed by atoms with Gasteiger partial charge in [0.05, 0.1) is 33.1 Å². The van der Waals surface area contributed by atoms with Crippen molar-refractivity contribution in [3.8, 4) is 28.4 Å². The van der Waals surface area contributed by atoms with E-state index in [0.717, 1.165) is 49.5 Å². The number of methoxy groups -OCH3 is 2. The fraction of sp³-hybridized carbons (Fsp3) is 0.333. The van der Waals surface area contributed by atoms with E-state index in [0.29, 0.717) is 53.5 Å². The second-order valence-electron chi connectivity index (χ2n) is 9.26. The van der Waals surface area contributed by atoms with Crippen LogP contribution in [-0.2, 0) is 11.2 Å². The second-order valence-corrected chi connectivity index (χ2v) is 9.26. The Kier molecular flexibility index (Phi) is 7.91. The maximum atomic E-state index is 13.1. The predicted octanol–water partition coefficient (Wildman–Crippen LogP) is 4.46. The minimum atomic E-state index is -0.279. The number of Topliss-reactive ketones (excluding diaryl/α,β-unsaturated/α-hetero) is 1. The number of carbonyl (C=O) groups is 2. The Balaban J connectivity index is 1.30. The first-order valence-electron chi connectivity index (χ1n) is 12.8. The van der Waals surface area contributed by atoms with Crippen LogP contribution >= 0.6 is 0 Å². The molecule has 1 aliphatic heterocycles. The molecule has 1 amide bonds. The Labute approximate surface area is 222 Å². The zero-order valence-corrected chi connectivity index (χ0v) is 21.7. The number of hydrogen-bond acceptors (Lipinski definition) is 7. The van der Waals surface area contributed by atoms with E-state index in [-0.39, 0.29) is 11.7 Å². The number of nitrogens with one attached hydrogen (secondary N) is 1. The zero-order chi connectivity index (χ0) is 26.5. The highest BCUT2D eigenvalue weighted by molar-refractivity contribution is 6.12. The summed E-state index contributed by atoms with van der Waals surface area (Å²) in [5.74, 6) is 1.68. The lowest BCUT2D eigenvalue weighted by Crippen LogP contribution is -2.38. The van der Waals surface area contributed by atoms with Gasteiger partial charge in [0.15, 0.2) is 17.3 Å². The number of ether oxygens (including phenoxy) is 4. The van der Waals surface area contributed by atoms with E-state index >= 15 is 0 Å². The normalized spacial score (nSPS) is 15.2. The number of rotatable bonds is 9. The first kappa shape index (κ1) is 25.8. The van der Waals surface area contributed by atoms with E-state index < -0.39 is 0 Å². The van der Waals surface area contributed by atoms with Crippen LogP contribution < -0.4 is 19.5 Å². The molecule has 8 heteroatoms. The number of benzene rings is 3. The Hall–Kier alpha value is -3.88. The molecular weight excluding hydrogens is 484 g/mol. The van der Waals surface area contributed by atoms with E-state index in [1.165, 1.54) is 0 Å². The Bertz CT molecular complexity index is 1320. The largest absolute Gasteiger partial charge is 0.493 e. The van der Waals surface area contributed by atoms with Crippen molar-refractivity contribution in [2.24, 2.45) is 0 Å². The first-order chi connectivity index (χ1) is 18.6. The molecule has 1 aliphatic carbocycles. The molecule has 0 spiro atoms. The van der Waals surface area contributed by atoms with Crippen LogP contribution in [-0.4, -0.2) is 70.3 Å². The monoisotopic (exact) mass is 516 g/mol. The molecule has 0 radical (unpaired) electrons. The number of anilines is 1. The average Bonchev–Trinajstić information content (AvgIpc) is 3.35. The van der Waals surface area contributed by atoms with Gasteiger partial charge in [-0.25, -0.2) is 0 Å². The first-order valence-corrected chi connectivity index (χ1v) is 12.8. The van der Waals surface area contributed by atoms with Gasteiger partial charge < -0.3 is 24.3 Å². The standard InChI is InChI=1S/C30H32N2O6/c1-35-27-5-3-4-24(29(27)36-2)22-10-12-25(28-23(22)11-13-26(28)33)31-30(34)20-6-8-21(9-7-20)38-19-16-32-14-17-37-18-15-32/h3-10,12H,11,13-19H2,1-2H3,(H,31,34). The van der Waals surface area contributed by atoms with Crippen molar-refractivity contribution >= 4 is 17.4 Å². The van der Waals surface area contributed by atoms with Gasteiger partial charge in [-0.1, -0.05) is 18.2 Å². The van der Waals surface area contributed by atoms with Gasteiger partial charge in [-0.05, 0) is 53.9 Å². The molecule has 1 fully saturated rings. The summed E-state index contributed by atoms with van der Waals surface area (Å²) in [4.78, 5) is 28.3. The summed E-state index contributed by atoms with van der Waals surface area (Å²) in [5, 5.41) is 2.95. The Morgan fingerprint density at radius 3 is 2.47 bits per heavy atom. The maximum Gasteiger partial charge on any atom is 0.255 e. The van der Waals surface area contributed by atoms with E-state index in [1.807, 2.05) is 24.3 Å². The summed E-state index contributed by atoms with van der Waals surface area (Å²) in [5.41, 5.74) is 4.22. The third-order valence-corrected chi connectivity index (χ3v) is 7.03. The fourth-order valence-corrected chi connectivity index (χ4v) is 5.06. The Morgan fingerprint density at radius 2 is 1.74 bits per heavy atom. The molecule has 198 valence electrons. The predicted molar refractivity (Wildman–Crippen MR) is 145 cm³/mol. The van der Waals surface area contributed by atoms with Gasteiger partial charge in [0.25, 0.3) is 5.91 Å². The molecule has 1 heterocycles. The molecular formula is C30H32N2O6. The number of amides is 1. The van der Waals surface area contributed by atoms with Gasteiger partial charge in [-0.2, -0.15) is 0 Å². The maximum absolute atomic E-state index is 13.1. The van der Waals surface area contributed by atoms with Crippen molar-refractivity contribution in [1.82, 2.24) is 4.90 Å². The average molecular weight is 517 g/mol. The molecule has 5 rings (SSSR count). The van der Waals surface area contributed by atoms with Crippen molar-refractivity contribution < 1.29 is 28.5 Å². The second kappa shape index (κ2) is 11.7. The highest BCUT2D eigenvalue weighted by atomic mass is 16.5. The van der Waals surface area contributed by atoms with E-state index in [4.69, 9.17) is 18.9 Å². The van der Waals surface area contributed by atoms with Gasteiger partial charge in [0.1, 0.15) is 12.4 Å². The number of hydrogen-bond donors (Lipinski definition) is 1. The van der Waals surface area contributed by atoms with Crippen LogP contribution in [0.5, 0.6) is 17.2 Å². The van der Waals surface area contributed by atoms with Crippen molar-refractivity contribution in [3.63, 3.8) is 0 Å². The molecule has 3 aromatic rings. The number of para-hydroxylation sites is 1. The van der Waals surface area contributed by atoms with Crippen molar-refractivity contribution in [1.29, 1.82) is 0 Å². The topological polar surface area (TPSA) is 86.3 Å². The third-order valence-electron chi connectivity index (χ3n) is 7.03.